The summed E-state index contributed by atoms with van der Waals surface area (Å²) in [5.41, 5.74) is -0.462. The zero-order chi connectivity index (χ0) is 16.3. The van der Waals surface area contributed by atoms with Crippen LogP contribution in [0.5, 0.6) is 5.75 Å². The fourth-order valence-electron chi connectivity index (χ4n) is 1.26. The van der Waals surface area contributed by atoms with Gasteiger partial charge in [-0.1, -0.05) is 4.89 Å². The molecular weight excluding hydrogens is 319 g/mol. The Balaban J connectivity index is 2.99. The van der Waals surface area contributed by atoms with Crippen molar-refractivity contribution in [2.45, 2.75) is 11.1 Å². The van der Waals surface area contributed by atoms with E-state index in [1.165, 1.54) is 12.0 Å². The lowest BCUT2D eigenvalue weighted by atomic mass is 10.2. The van der Waals surface area contributed by atoms with Crippen LogP contribution in [0.4, 0.5) is 13.2 Å². The minimum atomic E-state index is -4.71. The van der Waals surface area contributed by atoms with E-state index < -0.39 is 39.2 Å². The highest BCUT2D eigenvalue weighted by Gasteiger charge is 2.29. The molecule has 0 saturated heterocycles. The summed E-state index contributed by atoms with van der Waals surface area (Å²) in [6.07, 6.45) is -4.71. The van der Waals surface area contributed by atoms with Gasteiger partial charge in [-0.3, -0.25) is 4.84 Å². The van der Waals surface area contributed by atoms with E-state index in [1.54, 1.807) is 0 Å². The van der Waals surface area contributed by atoms with Gasteiger partial charge in [0.2, 0.25) is 0 Å². The van der Waals surface area contributed by atoms with Gasteiger partial charge in [-0.25, -0.2) is 13.2 Å². The summed E-state index contributed by atoms with van der Waals surface area (Å²) < 4.78 is 63.6. The summed E-state index contributed by atoms with van der Waals surface area (Å²) in [4.78, 5) is 15.4. The van der Waals surface area contributed by atoms with Crippen LogP contribution in [-0.4, -0.2) is 39.4 Å². The molecule has 2 N–H and O–H groups in total. The number of carboxylic acids is 1. The number of hydrogen-bond donors (Lipinski definition) is 2. The number of aromatic carboxylic acids is 1. The number of carboxylic acid groups (broad SMARTS) is 1. The van der Waals surface area contributed by atoms with Crippen molar-refractivity contribution in [3.8, 4) is 5.75 Å². The van der Waals surface area contributed by atoms with Gasteiger partial charge in [-0.05, 0) is 18.2 Å². The van der Waals surface area contributed by atoms with Crippen LogP contribution in [0.15, 0.2) is 23.1 Å². The van der Waals surface area contributed by atoms with Gasteiger partial charge in [0, 0.05) is 0 Å². The number of carbonyl (C=O) groups is 1. The molecule has 1 aromatic carbocycles. The van der Waals surface area contributed by atoms with E-state index >= 15 is 0 Å². The highest BCUT2D eigenvalue weighted by molar-refractivity contribution is 7.89. The highest BCUT2D eigenvalue weighted by atomic mass is 32.2. The summed E-state index contributed by atoms with van der Waals surface area (Å²) in [6, 6.07) is 2.76. The molecule has 0 amide bonds. The van der Waals surface area contributed by atoms with E-state index in [0.717, 1.165) is 18.2 Å². The van der Waals surface area contributed by atoms with E-state index in [1.807, 2.05) is 0 Å². The van der Waals surface area contributed by atoms with Gasteiger partial charge in [0.25, 0.3) is 10.0 Å². The highest BCUT2D eigenvalue weighted by Crippen LogP contribution is 2.22. The third kappa shape index (κ3) is 4.88. The molecular formula is C10H10F3NO6S. The summed E-state index contributed by atoms with van der Waals surface area (Å²) in [5, 5.41) is 8.89. The summed E-state index contributed by atoms with van der Waals surface area (Å²) in [5.74, 6) is -1.56. The number of sulfonamides is 1. The van der Waals surface area contributed by atoms with Gasteiger partial charge >= 0.3 is 12.1 Å². The minimum Gasteiger partial charge on any atom is -0.496 e. The number of rotatable bonds is 6. The zero-order valence-corrected chi connectivity index (χ0v) is 11.3. The van der Waals surface area contributed by atoms with E-state index in [0.29, 0.717) is 0 Å². The van der Waals surface area contributed by atoms with Gasteiger partial charge in [0.05, 0.1) is 12.0 Å². The molecule has 0 heterocycles. The lowest BCUT2D eigenvalue weighted by Gasteiger charge is -2.11. The molecule has 0 spiro atoms. The number of ether oxygens (including phenoxy) is 1. The van der Waals surface area contributed by atoms with E-state index in [2.05, 4.69) is 4.84 Å². The molecule has 21 heavy (non-hydrogen) atoms. The van der Waals surface area contributed by atoms with Crippen LogP contribution in [-0.2, 0) is 14.9 Å². The Morgan fingerprint density at radius 1 is 1.38 bits per heavy atom. The summed E-state index contributed by atoms with van der Waals surface area (Å²) >= 11 is 0. The standard InChI is InChI=1S/C10H10F3NO6S/c1-19-8-3-2-6(4-7(8)9(15)16)21(17,18)14-20-5-10(11,12)13/h2-4,14H,5H2,1H3,(H,15,16). The maximum atomic E-state index is 11.8. The third-order valence-electron chi connectivity index (χ3n) is 2.12. The number of benzene rings is 1. The Morgan fingerprint density at radius 2 is 2.00 bits per heavy atom. The lowest BCUT2D eigenvalue weighted by Crippen LogP contribution is -2.29. The molecule has 0 aliphatic carbocycles. The van der Waals surface area contributed by atoms with E-state index in [4.69, 9.17) is 9.84 Å². The summed E-state index contributed by atoms with van der Waals surface area (Å²) in [6.45, 7) is -1.83. The van der Waals surface area contributed by atoms with Gasteiger partial charge in [0.1, 0.15) is 11.3 Å². The van der Waals surface area contributed by atoms with Crippen molar-refractivity contribution in [2.75, 3.05) is 13.7 Å². The fourth-order valence-corrected chi connectivity index (χ4v) is 2.09. The smallest absolute Gasteiger partial charge is 0.413 e. The van der Waals surface area contributed by atoms with Crippen molar-refractivity contribution in [3.05, 3.63) is 23.8 Å². The molecule has 7 nitrogen and oxygen atoms in total. The third-order valence-corrected chi connectivity index (χ3v) is 3.33. The molecule has 0 fully saturated rings. The van der Waals surface area contributed by atoms with Crippen LogP contribution in [0.1, 0.15) is 10.4 Å². The monoisotopic (exact) mass is 329 g/mol. The van der Waals surface area contributed by atoms with Gasteiger partial charge < -0.3 is 9.84 Å². The normalized spacial score (nSPS) is 12.2. The average Bonchev–Trinajstić information content (AvgIpc) is 2.35. The van der Waals surface area contributed by atoms with Crippen molar-refractivity contribution in [1.82, 2.24) is 4.89 Å². The molecule has 0 atom stereocenters. The molecule has 0 aromatic heterocycles. The van der Waals surface area contributed by atoms with Crippen molar-refractivity contribution in [1.29, 1.82) is 0 Å². The van der Waals surface area contributed by atoms with E-state index in [-0.39, 0.29) is 5.75 Å². The second kappa shape index (κ2) is 6.28. The number of hydrogen-bond acceptors (Lipinski definition) is 5. The van der Waals surface area contributed by atoms with Crippen molar-refractivity contribution < 1.29 is 41.1 Å². The molecule has 0 unspecified atom stereocenters. The molecule has 1 rings (SSSR count). The number of alkyl halides is 3. The minimum absolute atomic E-state index is 0.0994. The predicted octanol–water partition coefficient (Wildman–Crippen LogP) is 1.17. The van der Waals surface area contributed by atoms with Gasteiger partial charge in [-0.15, -0.1) is 0 Å². The molecule has 118 valence electrons. The molecule has 0 radical (unpaired) electrons. The van der Waals surface area contributed by atoms with Gasteiger partial charge in [0.15, 0.2) is 6.61 Å². The fraction of sp³-hybridized carbons (Fsp3) is 0.300. The largest absolute Gasteiger partial charge is 0.496 e. The topological polar surface area (TPSA) is 102 Å². The molecule has 0 aliphatic heterocycles. The summed E-state index contributed by atoms with van der Waals surface area (Å²) in [7, 11) is -3.27. The number of halogens is 3. The lowest BCUT2D eigenvalue weighted by molar-refractivity contribution is -0.181. The van der Waals surface area contributed by atoms with Crippen LogP contribution in [0.2, 0.25) is 0 Å². The SMILES string of the molecule is COc1ccc(S(=O)(=O)NOCC(F)(F)F)cc1C(=O)O. The molecule has 1 aromatic rings. The molecule has 11 heteroatoms. The Labute approximate surface area is 117 Å². The first-order valence-corrected chi connectivity index (χ1v) is 6.67. The average molecular weight is 329 g/mol. The van der Waals surface area contributed by atoms with Crippen LogP contribution >= 0.6 is 0 Å². The van der Waals surface area contributed by atoms with Crippen molar-refractivity contribution >= 4 is 16.0 Å². The quantitative estimate of drug-likeness (QED) is 0.760. The predicted molar refractivity (Wildman–Crippen MR) is 62.3 cm³/mol. The van der Waals surface area contributed by atoms with Gasteiger partial charge in [-0.2, -0.15) is 13.2 Å². The zero-order valence-electron chi connectivity index (χ0n) is 10.5. The first-order chi connectivity index (χ1) is 9.57. The second-order valence-corrected chi connectivity index (χ2v) is 5.30. The molecule has 0 aliphatic rings. The first kappa shape index (κ1) is 17.2. The molecule has 0 saturated carbocycles. The molecule has 0 bridgehead atoms. The maximum Gasteiger partial charge on any atom is 0.413 e. The Kier molecular flexibility index (Phi) is 5.15. The first-order valence-electron chi connectivity index (χ1n) is 5.18. The maximum absolute atomic E-state index is 11.8. The Hall–Kier alpha value is -1.85. The Morgan fingerprint density at radius 3 is 2.48 bits per heavy atom. The number of nitrogens with one attached hydrogen (secondary N) is 1. The van der Waals surface area contributed by atoms with Crippen LogP contribution < -0.4 is 9.62 Å². The van der Waals surface area contributed by atoms with Crippen LogP contribution in [0, 0.1) is 0 Å². The van der Waals surface area contributed by atoms with Crippen LogP contribution in [0.3, 0.4) is 0 Å². The Bertz CT molecular complexity index is 628. The number of methoxy groups -OCH3 is 1. The van der Waals surface area contributed by atoms with Crippen LogP contribution in [0.25, 0.3) is 0 Å². The second-order valence-electron chi connectivity index (χ2n) is 3.66. The van der Waals surface area contributed by atoms with Crippen molar-refractivity contribution in [3.63, 3.8) is 0 Å². The van der Waals surface area contributed by atoms with E-state index in [9.17, 15) is 26.4 Å². The van der Waals surface area contributed by atoms with Crippen molar-refractivity contribution in [2.24, 2.45) is 0 Å².